The summed E-state index contributed by atoms with van der Waals surface area (Å²) in [4.78, 5) is 41.5. The molecule has 0 atom stereocenters. The Morgan fingerprint density at radius 2 is 1.39 bits per heavy atom. The number of likely N-dealkylation sites (tertiary alicyclic amines) is 1. The molecule has 5 rings (SSSR count). The lowest BCUT2D eigenvalue weighted by molar-refractivity contribution is -0.134. The number of unbranched alkanes of at least 4 members (excludes halogenated alkanes) is 7. The summed E-state index contributed by atoms with van der Waals surface area (Å²) in [6, 6.07) is 20.0. The van der Waals surface area contributed by atoms with Gasteiger partial charge in [-0.15, -0.1) is 11.3 Å². The van der Waals surface area contributed by atoms with Crippen molar-refractivity contribution >= 4 is 39.1 Å². The molecule has 0 N–H and O–H groups in total. The van der Waals surface area contributed by atoms with Gasteiger partial charge in [-0.05, 0) is 105 Å². The van der Waals surface area contributed by atoms with Crippen molar-refractivity contribution in [2.45, 2.75) is 90.9 Å². The van der Waals surface area contributed by atoms with E-state index in [2.05, 4.69) is 11.8 Å². The van der Waals surface area contributed by atoms with Crippen LogP contribution in [0.15, 0.2) is 66.7 Å². The van der Waals surface area contributed by atoms with Gasteiger partial charge in [0.25, 0.3) is 0 Å². The third-order valence-corrected chi connectivity index (χ3v) is 10.2. The van der Waals surface area contributed by atoms with E-state index in [1.807, 2.05) is 42.5 Å². The van der Waals surface area contributed by atoms with Crippen LogP contribution in [0.1, 0.15) is 107 Å². The van der Waals surface area contributed by atoms with Crippen LogP contribution in [-0.2, 0) is 9.59 Å². The van der Waals surface area contributed by atoms with Gasteiger partial charge in [0, 0.05) is 46.0 Å². The molecule has 7 nitrogen and oxygen atoms in total. The molecule has 0 amide bonds. The van der Waals surface area contributed by atoms with Crippen LogP contribution in [0.3, 0.4) is 0 Å². The van der Waals surface area contributed by atoms with Gasteiger partial charge in [0.1, 0.15) is 23.9 Å². The maximum absolute atomic E-state index is 14.1. The minimum absolute atomic E-state index is 0.109. The van der Waals surface area contributed by atoms with Crippen LogP contribution < -0.4 is 14.2 Å². The summed E-state index contributed by atoms with van der Waals surface area (Å²) in [6.07, 6.45) is 13.6. The lowest BCUT2D eigenvalue weighted by Crippen LogP contribution is -2.33. The van der Waals surface area contributed by atoms with Crippen molar-refractivity contribution in [3.05, 3.63) is 77.9 Å². The highest BCUT2D eigenvalue weighted by Gasteiger charge is 2.23. The minimum Gasteiger partial charge on any atom is -0.492 e. The number of carbonyl (C=O) groups is 3. The maximum atomic E-state index is 14.1. The van der Waals surface area contributed by atoms with Gasteiger partial charge in [-0.2, -0.15) is 0 Å². The Bertz CT molecular complexity index is 1670. The van der Waals surface area contributed by atoms with E-state index in [1.165, 1.54) is 69.6 Å². The second-order valence-corrected chi connectivity index (χ2v) is 13.9. The third-order valence-electron chi connectivity index (χ3n) is 8.97. The summed E-state index contributed by atoms with van der Waals surface area (Å²) < 4.78 is 17.8. The first-order valence-corrected chi connectivity index (χ1v) is 18.8. The molecule has 49 heavy (non-hydrogen) atoms. The molecule has 1 aliphatic heterocycles. The van der Waals surface area contributed by atoms with Crippen molar-refractivity contribution in [2.24, 2.45) is 0 Å². The summed E-state index contributed by atoms with van der Waals surface area (Å²) in [5.41, 5.74) is 1.96. The normalized spacial score (nSPS) is 13.3. The zero-order valence-electron chi connectivity index (χ0n) is 29.0. The number of thiophene rings is 1. The molecule has 1 aliphatic rings. The van der Waals surface area contributed by atoms with Crippen LogP contribution in [-0.4, -0.2) is 48.9 Å². The topological polar surface area (TPSA) is 82.1 Å². The predicted molar refractivity (Wildman–Crippen MR) is 197 cm³/mol. The smallest absolute Gasteiger partial charge is 0.311 e. The summed E-state index contributed by atoms with van der Waals surface area (Å²) in [5.74, 6) is 0.906. The molecule has 0 radical (unpaired) electrons. The lowest BCUT2D eigenvalue weighted by atomic mass is 9.97. The fourth-order valence-corrected chi connectivity index (χ4v) is 7.55. The van der Waals surface area contributed by atoms with E-state index < -0.39 is 5.97 Å². The van der Waals surface area contributed by atoms with Crippen molar-refractivity contribution in [3.8, 4) is 27.7 Å². The molecule has 0 aliphatic carbocycles. The van der Waals surface area contributed by atoms with E-state index in [0.29, 0.717) is 35.7 Å². The average Bonchev–Trinajstić information content (AvgIpc) is 3.48. The quantitative estimate of drug-likeness (QED) is 0.0447. The Morgan fingerprint density at radius 3 is 2.08 bits per heavy atom. The fraction of sp³-hybridized carbons (Fsp3) is 0.439. The highest BCUT2D eigenvalue weighted by molar-refractivity contribution is 7.22. The SMILES string of the molecule is CCCCCCCCCCC(=O)Oc1ccc(-c2sc3cc(OC(C)=O)ccc3c2C(=O)c2ccc(OCCN3CCCCC3)cc2)cc1. The number of esters is 2. The highest BCUT2D eigenvalue weighted by Crippen LogP contribution is 2.42. The fourth-order valence-electron chi connectivity index (χ4n) is 6.32. The van der Waals surface area contributed by atoms with Crippen LogP contribution in [0.5, 0.6) is 17.2 Å². The molecule has 0 spiro atoms. The van der Waals surface area contributed by atoms with Gasteiger partial charge in [0.2, 0.25) is 0 Å². The first-order chi connectivity index (χ1) is 23.9. The van der Waals surface area contributed by atoms with Gasteiger partial charge >= 0.3 is 11.9 Å². The number of carbonyl (C=O) groups excluding carboxylic acids is 3. The highest BCUT2D eigenvalue weighted by atomic mass is 32.1. The molecular weight excluding hydrogens is 635 g/mol. The summed E-state index contributed by atoms with van der Waals surface area (Å²) in [6.45, 7) is 7.36. The van der Waals surface area contributed by atoms with Gasteiger partial charge in [0.05, 0.1) is 0 Å². The Hall–Kier alpha value is -4.01. The molecule has 8 heteroatoms. The van der Waals surface area contributed by atoms with E-state index in [1.54, 1.807) is 24.3 Å². The van der Waals surface area contributed by atoms with Gasteiger partial charge in [0.15, 0.2) is 5.78 Å². The summed E-state index contributed by atoms with van der Waals surface area (Å²) in [7, 11) is 0. The molecule has 0 saturated carbocycles. The second kappa shape index (κ2) is 18.7. The van der Waals surface area contributed by atoms with E-state index in [0.717, 1.165) is 65.2 Å². The minimum atomic E-state index is -0.404. The second-order valence-electron chi connectivity index (χ2n) is 12.9. The molecular formula is C41H49NO6S. The first kappa shape index (κ1) is 36.3. The number of piperidine rings is 1. The van der Waals surface area contributed by atoms with E-state index in [9.17, 15) is 14.4 Å². The maximum Gasteiger partial charge on any atom is 0.311 e. The first-order valence-electron chi connectivity index (χ1n) is 18.0. The Labute approximate surface area is 294 Å². The van der Waals surface area contributed by atoms with Gasteiger partial charge in [-0.3, -0.25) is 19.3 Å². The number of rotatable bonds is 18. The molecule has 0 unspecified atom stereocenters. The number of benzene rings is 3. The van der Waals surface area contributed by atoms with Gasteiger partial charge in [-0.25, -0.2) is 0 Å². The van der Waals surface area contributed by atoms with Gasteiger partial charge < -0.3 is 14.2 Å². The van der Waals surface area contributed by atoms with Crippen LogP contribution >= 0.6 is 11.3 Å². The number of hydrogen-bond acceptors (Lipinski definition) is 8. The number of nitrogens with zero attached hydrogens (tertiary/aromatic N) is 1. The van der Waals surface area contributed by atoms with Crippen molar-refractivity contribution in [3.63, 3.8) is 0 Å². The van der Waals surface area contributed by atoms with E-state index in [-0.39, 0.29) is 11.8 Å². The zero-order chi connectivity index (χ0) is 34.4. The van der Waals surface area contributed by atoms with E-state index >= 15 is 0 Å². The molecule has 2 heterocycles. The largest absolute Gasteiger partial charge is 0.492 e. The van der Waals surface area contributed by atoms with Crippen LogP contribution in [0.25, 0.3) is 20.5 Å². The number of ketones is 1. The third kappa shape index (κ3) is 10.7. The Kier molecular flexibility index (Phi) is 13.8. The monoisotopic (exact) mass is 683 g/mol. The molecule has 1 saturated heterocycles. The van der Waals surface area contributed by atoms with Crippen LogP contribution in [0, 0.1) is 0 Å². The molecule has 1 fully saturated rings. The number of fused-ring (bicyclic) bond motifs is 1. The Morgan fingerprint density at radius 1 is 0.735 bits per heavy atom. The van der Waals surface area contributed by atoms with Crippen molar-refractivity contribution in [2.75, 3.05) is 26.2 Å². The predicted octanol–water partition coefficient (Wildman–Crippen LogP) is 10.0. The Balaban J connectivity index is 1.27. The molecule has 4 aromatic rings. The molecule has 260 valence electrons. The average molecular weight is 684 g/mol. The van der Waals surface area contributed by atoms with Gasteiger partial charge in [-0.1, -0.05) is 58.3 Å². The molecule has 0 bridgehead atoms. The van der Waals surface area contributed by atoms with Crippen LogP contribution in [0.4, 0.5) is 0 Å². The van der Waals surface area contributed by atoms with Crippen LogP contribution in [0.2, 0.25) is 0 Å². The lowest BCUT2D eigenvalue weighted by Gasteiger charge is -2.26. The summed E-state index contributed by atoms with van der Waals surface area (Å²) >= 11 is 1.46. The standard InChI is InChI=1S/C41H49NO6S/c1-3-4-5-6-7-8-9-11-14-38(44)48-34-21-17-32(18-22-34)41-39(36-24-23-35(47-30(2)43)29-37(36)49-41)40(45)31-15-19-33(20-16-31)46-28-27-42-25-12-10-13-26-42/h15-24,29H,3-14,25-28H2,1-2H3. The molecule has 1 aromatic heterocycles. The summed E-state index contributed by atoms with van der Waals surface area (Å²) in [5, 5.41) is 0.781. The molecule has 3 aromatic carbocycles. The van der Waals surface area contributed by atoms with E-state index in [4.69, 9.17) is 14.2 Å². The zero-order valence-corrected chi connectivity index (χ0v) is 29.8. The number of ether oxygens (including phenoxy) is 3. The number of hydrogen-bond donors (Lipinski definition) is 0. The van der Waals surface area contributed by atoms with Crippen molar-refractivity contribution < 1.29 is 28.6 Å². The van der Waals surface area contributed by atoms with Crippen molar-refractivity contribution in [1.29, 1.82) is 0 Å². The van der Waals surface area contributed by atoms with Crippen molar-refractivity contribution in [1.82, 2.24) is 4.90 Å².